The number of carbonyl (C=O) groups excluding carboxylic acids is 1. The standard InChI is InChI=1S/C19H19FN6O/c1-12-13(2)24-17-15(10-14(20)11-16(17)23-12)18(27)25-6-8-26(9-7-25)19-21-4-3-5-22-19/h3-5,10-11H,6-9H2,1-2H3. The van der Waals surface area contributed by atoms with Gasteiger partial charge in [-0.1, -0.05) is 0 Å². The first kappa shape index (κ1) is 17.3. The molecule has 0 unspecified atom stereocenters. The number of anilines is 1. The highest BCUT2D eigenvalue weighted by Gasteiger charge is 2.25. The average Bonchev–Trinajstić information content (AvgIpc) is 2.69. The minimum atomic E-state index is -0.486. The minimum absolute atomic E-state index is 0.231. The molecule has 0 aliphatic carbocycles. The molecule has 4 rings (SSSR count). The van der Waals surface area contributed by atoms with E-state index >= 15 is 0 Å². The molecule has 1 aliphatic heterocycles. The Morgan fingerprint density at radius 2 is 1.67 bits per heavy atom. The zero-order valence-electron chi connectivity index (χ0n) is 15.2. The van der Waals surface area contributed by atoms with Gasteiger partial charge < -0.3 is 9.80 Å². The van der Waals surface area contributed by atoms with Gasteiger partial charge in [-0.05, 0) is 26.0 Å². The molecule has 27 heavy (non-hydrogen) atoms. The number of amides is 1. The van der Waals surface area contributed by atoms with E-state index in [-0.39, 0.29) is 11.5 Å². The number of hydrogen-bond donors (Lipinski definition) is 0. The van der Waals surface area contributed by atoms with Gasteiger partial charge in [-0.15, -0.1) is 0 Å². The molecule has 138 valence electrons. The van der Waals surface area contributed by atoms with E-state index in [1.807, 2.05) is 18.7 Å². The third-order valence-electron chi connectivity index (χ3n) is 4.78. The van der Waals surface area contributed by atoms with Crippen LogP contribution in [-0.2, 0) is 0 Å². The predicted octanol–water partition coefficient (Wildman–Crippen LogP) is 2.14. The molecular weight excluding hydrogens is 347 g/mol. The summed E-state index contributed by atoms with van der Waals surface area (Å²) in [7, 11) is 0. The van der Waals surface area contributed by atoms with Crippen LogP contribution in [0.4, 0.5) is 10.3 Å². The van der Waals surface area contributed by atoms with E-state index in [9.17, 15) is 9.18 Å². The van der Waals surface area contributed by atoms with Crippen molar-refractivity contribution in [1.29, 1.82) is 0 Å². The summed E-state index contributed by atoms with van der Waals surface area (Å²) >= 11 is 0. The topological polar surface area (TPSA) is 75.1 Å². The van der Waals surface area contributed by atoms with Crippen LogP contribution < -0.4 is 4.90 Å². The van der Waals surface area contributed by atoms with Crippen LogP contribution in [0.15, 0.2) is 30.6 Å². The molecule has 7 nitrogen and oxygen atoms in total. The van der Waals surface area contributed by atoms with Gasteiger partial charge >= 0.3 is 0 Å². The highest BCUT2D eigenvalue weighted by molar-refractivity contribution is 6.04. The van der Waals surface area contributed by atoms with Crippen LogP contribution in [0.2, 0.25) is 0 Å². The van der Waals surface area contributed by atoms with Crippen molar-refractivity contribution in [3.63, 3.8) is 0 Å². The lowest BCUT2D eigenvalue weighted by Gasteiger charge is -2.34. The Morgan fingerprint density at radius 3 is 2.37 bits per heavy atom. The summed E-state index contributed by atoms with van der Waals surface area (Å²) in [5.41, 5.74) is 2.55. The lowest BCUT2D eigenvalue weighted by Crippen LogP contribution is -2.49. The van der Waals surface area contributed by atoms with Crippen molar-refractivity contribution in [3.05, 3.63) is 53.4 Å². The van der Waals surface area contributed by atoms with Crippen molar-refractivity contribution in [2.75, 3.05) is 31.1 Å². The summed E-state index contributed by atoms with van der Waals surface area (Å²) in [6.45, 7) is 5.90. The summed E-state index contributed by atoms with van der Waals surface area (Å²) in [5.74, 6) is -0.0665. The fourth-order valence-corrected chi connectivity index (χ4v) is 3.20. The van der Waals surface area contributed by atoms with Gasteiger partial charge in [0.2, 0.25) is 5.95 Å². The van der Waals surface area contributed by atoms with E-state index in [4.69, 9.17) is 0 Å². The highest BCUT2D eigenvalue weighted by Crippen LogP contribution is 2.21. The Hall–Kier alpha value is -3.16. The number of rotatable bonds is 2. The Morgan fingerprint density at radius 1 is 1.00 bits per heavy atom. The molecule has 0 bridgehead atoms. The number of aryl methyl sites for hydroxylation is 2. The Balaban J connectivity index is 1.59. The van der Waals surface area contributed by atoms with E-state index in [1.54, 1.807) is 23.4 Å². The number of fused-ring (bicyclic) bond motifs is 1. The lowest BCUT2D eigenvalue weighted by molar-refractivity contribution is 0.0747. The van der Waals surface area contributed by atoms with Gasteiger partial charge in [-0.25, -0.2) is 24.3 Å². The molecule has 1 saturated heterocycles. The van der Waals surface area contributed by atoms with E-state index in [0.29, 0.717) is 43.2 Å². The predicted molar refractivity (Wildman–Crippen MR) is 99.1 cm³/mol. The Labute approximate surface area is 155 Å². The number of aromatic nitrogens is 4. The highest BCUT2D eigenvalue weighted by atomic mass is 19.1. The van der Waals surface area contributed by atoms with E-state index in [1.165, 1.54) is 12.1 Å². The molecule has 0 atom stereocenters. The first-order valence-electron chi connectivity index (χ1n) is 8.78. The molecule has 3 heterocycles. The number of halogens is 1. The molecule has 0 spiro atoms. The third-order valence-corrected chi connectivity index (χ3v) is 4.78. The fraction of sp³-hybridized carbons (Fsp3) is 0.316. The van der Waals surface area contributed by atoms with Crippen LogP contribution in [0.25, 0.3) is 11.0 Å². The fourth-order valence-electron chi connectivity index (χ4n) is 3.20. The van der Waals surface area contributed by atoms with Crippen molar-refractivity contribution in [3.8, 4) is 0 Å². The Bertz CT molecular complexity index is 1000. The maximum absolute atomic E-state index is 14.1. The first-order valence-corrected chi connectivity index (χ1v) is 8.78. The van der Waals surface area contributed by atoms with Crippen LogP contribution >= 0.6 is 0 Å². The summed E-state index contributed by atoms with van der Waals surface area (Å²) in [6, 6.07) is 4.33. The van der Waals surface area contributed by atoms with Crippen molar-refractivity contribution in [2.24, 2.45) is 0 Å². The van der Waals surface area contributed by atoms with Crippen LogP contribution in [-0.4, -0.2) is 56.9 Å². The minimum Gasteiger partial charge on any atom is -0.337 e. The third kappa shape index (κ3) is 3.30. The number of nitrogens with zero attached hydrogens (tertiary/aromatic N) is 6. The summed E-state index contributed by atoms with van der Waals surface area (Å²) in [5, 5.41) is 0. The number of piperazine rings is 1. The second-order valence-corrected chi connectivity index (χ2v) is 6.54. The molecule has 0 saturated carbocycles. The van der Waals surface area contributed by atoms with Gasteiger partial charge in [0.25, 0.3) is 5.91 Å². The van der Waals surface area contributed by atoms with Crippen LogP contribution in [0, 0.1) is 19.7 Å². The quantitative estimate of drug-likeness (QED) is 0.692. The molecule has 1 fully saturated rings. The molecule has 0 N–H and O–H groups in total. The van der Waals surface area contributed by atoms with Gasteiger partial charge in [0.15, 0.2) is 0 Å². The summed E-state index contributed by atoms with van der Waals surface area (Å²) < 4.78 is 14.1. The van der Waals surface area contributed by atoms with Crippen molar-refractivity contribution < 1.29 is 9.18 Å². The first-order chi connectivity index (χ1) is 13.0. The Kier molecular flexibility index (Phi) is 4.39. The maximum atomic E-state index is 14.1. The monoisotopic (exact) mass is 366 g/mol. The van der Waals surface area contributed by atoms with Gasteiger partial charge in [-0.2, -0.15) is 0 Å². The van der Waals surface area contributed by atoms with E-state index < -0.39 is 5.82 Å². The van der Waals surface area contributed by atoms with Gasteiger partial charge in [-0.3, -0.25) is 4.79 Å². The van der Waals surface area contributed by atoms with E-state index in [2.05, 4.69) is 19.9 Å². The smallest absolute Gasteiger partial charge is 0.256 e. The molecule has 1 aliphatic rings. The van der Waals surface area contributed by atoms with Crippen molar-refractivity contribution >= 4 is 22.9 Å². The largest absolute Gasteiger partial charge is 0.337 e. The second-order valence-electron chi connectivity index (χ2n) is 6.54. The molecule has 2 aromatic heterocycles. The van der Waals surface area contributed by atoms with Crippen LogP contribution in [0.5, 0.6) is 0 Å². The number of benzene rings is 1. The molecule has 0 radical (unpaired) electrons. The average molecular weight is 366 g/mol. The van der Waals surface area contributed by atoms with Gasteiger partial charge in [0.05, 0.1) is 22.5 Å². The molecule has 8 heteroatoms. The summed E-state index contributed by atoms with van der Waals surface area (Å²) in [4.78, 5) is 34.1. The normalized spacial score (nSPS) is 14.6. The van der Waals surface area contributed by atoms with Crippen LogP contribution in [0.3, 0.4) is 0 Å². The zero-order chi connectivity index (χ0) is 19.0. The number of hydrogen-bond acceptors (Lipinski definition) is 6. The molecule has 1 amide bonds. The second kappa shape index (κ2) is 6.86. The maximum Gasteiger partial charge on any atom is 0.256 e. The summed E-state index contributed by atoms with van der Waals surface area (Å²) in [6.07, 6.45) is 3.39. The van der Waals surface area contributed by atoms with Gasteiger partial charge in [0.1, 0.15) is 11.3 Å². The zero-order valence-corrected chi connectivity index (χ0v) is 15.2. The SMILES string of the molecule is Cc1nc2cc(F)cc(C(=O)N3CCN(c4ncccn4)CC3)c2nc1C. The van der Waals surface area contributed by atoms with E-state index in [0.717, 1.165) is 11.4 Å². The molecule has 3 aromatic rings. The van der Waals surface area contributed by atoms with Gasteiger partial charge in [0, 0.05) is 44.6 Å². The van der Waals surface area contributed by atoms with Crippen molar-refractivity contribution in [1.82, 2.24) is 24.8 Å². The number of carbonyl (C=O) groups is 1. The molecular formula is C19H19FN6O. The lowest BCUT2D eigenvalue weighted by atomic mass is 10.1. The van der Waals surface area contributed by atoms with Crippen molar-refractivity contribution in [2.45, 2.75) is 13.8 Å². The van der Waals surface area contributed by atoms with Crippen LogP contribution in [0.1, 0.15) is 21.7 Å². The molecule has 1 aromatic carbocycles.